The number of nitrogens with zero attached hydrogens (tertiary/aromatic N) is 1. The van der Waals surface area contributed by atoms with Gasteiger partial charge in [-0.3, -0.25) is 14.5 Å². The number of hydrogen-bond acceptors (Lipinski definition) is 4. The van der Waals surface area contributed by atoms with Gasteiger partial charge in [0.15, 0.2) is 6.61 Å². The molecule has 0 aliphatic carbocycles. The summed E-state index contributed by atoms with van der Waals surface area (Å²) in [4.78, 5) is 34.0. The third-order valence-electron chi connectivity index (χ3n) is 2.44. The van der Waals surface area contributed by atoms with Crippen molar-refractivity contribution in [1.82, 2.24) is 0 Å². The second kappa shape index (κ2) is 4.36. The van der Waals surface area contributed by atoms with Crippen LogP contribution in [0, 0.1) is 0 Å². The van der Waals surface area contributed by atoms with E-state index in [1.807, 2.05) is 0 Å². The minimum atomic E-state index is -1.15. The second-order valence-electron chi connectivity index (χ2n) is 3.65. The number of hydrogen-bond donors (Lipinski definition) is 2. The highest BCUT2D eigenvalue weighted by atomic mass is 16.5. The molecule has 0 bridgehead atoms. The van der Waals surface area contributed by atoms with Gasteiger partial charge in [-0.1, -0.05) is 0 Å². The molecule has 2 N–H and O–H groups in total. The van der Waals surface area contributed by atoms with Gasteiger partial charge in [0, 0.05) is 0 Å². The summed E-state index contributed by atoms with van der Waals surface area (Å²) >= 11 is 0. The van der Waals surface area contributed by atoms with Gasteiger partial charge < -0.3 is 14.9 Å². The topological polar surface area (TPSA) is 104 Å². The van der Waals surface area contributed by atoms with Crippen molar-refractivity contribution in [1.29, 1.82) is 0 Å². The van der Waals surface area contributed by atoms with Crippen LogP contribution in [0.5, 0.6) is 5.75 Å². The molecule has 94 valence electrons. The number of aliphatic carboxylic acids is 1. The van der Waals surface area contributed by atoms with Crippen LogP contribution >= 0.6 is 0 Å². The first kappa shape index (κ1) is 11.9. The van der Waals surface area contributed by atoms with E-state index < -0.39 is 24.4 Å². The Balaban J connectivity index is 2.41. The van der Waals surface area contributed by atoms with Crippen LogP contribution in [0.15, 0.2) is 18.2 Å². The zero-order chi connectivity index (χ0) is 13.3. The number of ether oxygens (including phenoxy) is 1. The molecule has 0 saturated carbocycles. The summed E-state index contributed by atoms with van der Waals surface area (Å²) in [6.07, 6.45) is 0. The van der Waals surface area contributed by atoms with E-state index in [1.54, 1.807) is 0 Å². The number of carboxylic acids is 2. The summed E-state index contributed by atoms with van der Waals surface area (Å²) in [5.74, 6) is -2.56. The van der Waals surface area contributed by atoms with Gasteiger partial charge >= 0.3 is 11.9 Å². The summed E-state index contributed by atoms with van der Waals surface area (Å²) in [6.45, 7) is -0.787. The van der Waals surface area contributed by atoms with Crippen LogP contribution in [0.3, 0.4) is 0 Å². The van der Waals surface area contributed by atoms with Gasteiger partial charge in [0.25, 0.3) is 5.91 Å². The summed E-state index contributed by atoms with van der Waals surface area (Å²) < 4.78 is 5.09. The van der Waals surface area contributed by atoms with Crippen LogP contribution in [0.1, 0.15) is 10.4 Å². The van der Waals surface area contributed by atoms with Crippen molar-refractivity contribution in [3.05, 3.63) is 23.8 Å². The standard InChI is InChI=1S/C11H9NO6/c13-9-5-18-8-3-6(11(16)17)1-2-7(8)12(9)4-10(14)15/h1-3H,4-5H2,(H,14,15)(H,16,17). The van der Waals surface area contributed by atoms with Crippen LogP contribution in [0.4, 0.5) is 5.69 Å². The Morgan fingerprint density at radius 3 is 2.67 bits per heavy atom. The molecule has 0 radical (unpaired) electrons. The maximum atomic E-state index is 11.5. The quantitative estimate of drug-likeness (QED) is 0.794. The van der Waals surface area contributed by atoms with E-state index in [0.29, 0.717) is 0 Å². The number of amides is 1. The molecule has 0 fully saturated rings. The lowest BCUT2D eigenvalue weighted by molar-refractivity contribution is -0.137. The van der Waals surface area contributed by atoms with Crippen molar-refractivity contribution in [2.75, 3.05) is 18.1 Å². The second-order valence-corrected chi connectivity index (χ2v) is 3.65. The molecule has 0 atom stereocenters. The number of rotatable bonds is 3. The minimum Gasteiger partial charge on any atom is -0.482 e. The molecule has 1 aliphatic heterocycles. The maximum absolute atomic E-state index is 11.5. The van der Waals surface area contributed by atoms with Gasteiger partial charge in [0.2, 0.25) is 0 Å². The molecule has 0 unspecified atom stereocenters. The highest BCUT2D eigenvalue weighted by Crippen LogP contribution is 2.32. The number of benzene rings is 1. The largest absolute Gasteiger partial charge is 0.482 e. The molecule has 1 aromatic rings. The van der Waals surface area contributed by atoms with E-state index in [-0.39, 0.29) is 23.6 Å². The molecular formula is C11H9NO6. The molecule has 0 spiro atoms. The summed E-state index contributed by atoms with van der Waals surface area (Å²) in [5.41, 5.74) is 0.275. The third-order valence-corrected chi connectivity index (χ3v) is 2.44. The van der Waals surface area contributed by atoms with Crippen molar-refractivity contribution >= 4 is 23.5 Å². The van der Waals surface area contributed by atoms with Gasteiger partial charge in [0.05, 0.1) is 11.3 Å². The zero-order valence-corrected chi connectivity index (χ0v) is 9.12. The van der Waals surface area contributed by atoms with Crippen molar-refractivity contribution in [3.8, 4) is 5.75 Å². The van der Waals surface area contributed by atoms with Crippen LogP contribution in [-0.4, -0.2) is 41.2 Å². The summed E-state index contributed by atoms with van der Waals surface area (Å²) in [5, 5.41) is 17.5. The summed E-state index contributed by atoms with van der Waals surface area (Å²) in [6, 6.07) is 3.91. The molecule has 7 nitrogen and oxygen atoms in total. The van der Waals surface area contributed by atoms with Crippen LogP contribution in [0.2, 0.25) is 0 Å². The smallest absolute Gasteiger partial charge is 0.335 e. The van der Waals surface area contributed by atoms with Gasteiger partial charge in [-0.2, -0.15) is 0 Å². The normalized spacial score (nSPS) is 13.8. The molecule has 1 heterocycles. The number of carboxylic acid groups (broad SMARTS) is 2. The Morgan fingerprint density at radius 2 is 2.06 bits per heavy atom. The molecule has 1 aliphatic rings. The first-order valence-corrected chi connectivity index (χ1v) is 5.01. The lowest BCUT2D eigenvalue weighted by Crippen LogP contribution is -2.42. The molecule has 2 rings (SSSR count). The van der Waals surface area contributed by atoms with E-state index in [2.05, 4.69) is 0 Å². The molecular weight excluding hydrogens is 242 g/mol. The molecule has 18 heavy (non-hydrogen) atoms. The monoisotopic (exact) mass is 251 g/mol. The van der Waals surface area contributed by atoms with Gasteiger partial charge in [-0.15, -0.1) is 0 Å². The number of fused-ring (bicyclic) bond motifs is 1. The van der Waals surface area contributed by atoms with Gasteiger partial charge in [0.1, 0.15) is 12.3 Å². The highest BCUT2D eigenvalue weighted by molar-refractivity contribution is 6.02. The van der Waals surface area contributed by atoms with Crippen molar-refractivity contribution in [2.45, 2.75) is 0 Å². The molecule has 7 heteroatoms. The number of anilines is 1. The Bertz CT molecular complexity index is 538. The van der Waals surface area contributed by atoms with E-state index in [4.69, 9.17) is 14.9 Å². The van der Waals surface area contributed by atoms with E-state index in [1.165, 1.54) is 18.2 Å². The predicted octanol–water partition coefficient (Wildman–Crippen LogP) is 0.195. The SMILES string of the molecule is O=C(O)CN1C(=O)COc2cc(C(=O)O)ccc21. The van der Waals surface area contributed by atoms with Gasteiger partial charge in [-0.25, -0.2) is 4.79 Å². The first-order chi connectivity index (χ1) is 8.49. The fourth-order valence-electron chi connectivity index (χ4n) is 1.65. The molecule has 0 saturated heterocycles. The average Bonchev–Trinajstić information content (AvgIpc) is 2.31. The number of carbonyl (C=O) groups excluding carboxylic acids is 1. The van der Waals surface area contributed by atoms with E-state index in [0.717, 1.165) is 4.90 Å². The Morgan fingerprint density at radius 1 is 1.33 bits per heavy atom. The van der Waals surface area contributed by atoms with E-state index >= 15 is 0 Å². The molecule has 0 aromatic heterocycles. The Hall–Kier alpha value is -2.57. The number of carbonyl (C=O) groups is 3. The fraction of sp³-hybridized carbons (Fsp3) is 0.182. The zero-order valence-electron chi connectivity index (χ0n) is 9.12. The molecule has 1 aromatic carbocycles. The van der Waals surface area contributed by atoms with Gasteiger partial charge in [-0.05, 0) is 18.2 Å². The maximum Gasteiger partial charge on any atom is 0.335 e. The Labute approximate surface area is 101 Å². The third kappa shape index (κ3) is 2.10. The van der Waals surface area contributed by atoms with E-state index in [9.17, 15) is 14.4 Å². The highest BCUT2D eigenvalue weighted by Gasteiger charge is 2.27. The fourth-order valence-corrected chi connectivity index (χ4v) is 1.65. The lowest BCUT2D eigenvalue weighted by atomic mass is 10.1. The van der Waals surface area contributed by atoms with Crippen LogP contribution < -0.4 is 9.64 Å². The van der Waals surface area contributed by atoms with Crippen molar-refractivity contribution in [3.63, 3.8) is 0 Å². The predicted molar refractivity (Wildman–Crippen MR) is 58.9 cm³/mol. The number of aromatic carboxylic acids is 1. The van der Waals surface area contributed by atoms with Crippen LogP contribution in [0.25, 0.3) is 0 Å². The minimum absolute atomic E-state index is 0.0124. The molecule has 1 amide bonds. The van der Waals surface area contributed by atoms with Crippen molar-refractivity contribution in [2.24, 2.45) is 0 Å². The van der Waals surface area contributed by atoms with Crippen molar-refractivity contribution < 1.29 is 29.3 Å². The lowest BCUT2D eigenvalue weighted by Gasteiger charge is -2.28. The summed E-state index contributed by atoms with van der Waals surface area (Å²) in [7, 11) is 0. The van der Waals surface area contributed by atoms with Crippen LogP contribution in [-0.2, 0) is 9.59 Å². The average molecular weight is 251 g/mol. The first-order valence-electron chi connectivity index (χ1n) is 5.01. The Kier molecular flexibility index (Phi) is 2.88.